The van der Waals surface area contributed by atoms with Crippen LogP contribution in [0.15, 0.2) is 61.1 Å². The van der Waals surface area contributed by atoms with Crippen LogP contribution in [0.2, 0.25) is 0 Å². The molecule has 232 valence electrons. The molecular formula is C28H28F6N4O4S. The van der Waals surface area contributed by atoms with Crippen molar-refractivity contribution < 1.29 is 45.7 Å². The van der Waals surface area contributed by atoms with Gasteiger partial charge in [-0.05, 0) is 23.8 Å². The molecule has 3 heterocycles. The minimum Gasteiger partial charge on any atom is -0.471 e. The monoisotopic (exact) mass is 630 g/mol. The topological polar surface area (TPSA) is 102 Å². The van der Waals surface area contributed by atoms with Crippen molar-refractivity contribution >= 4 is 17.8 Å². The summed E-state index contributed by atoms with van der Waals surface area (Å²) in [5, 5.41) is 17.3. The standard InChI is InChI=1S/C28H28F6N4O4S/c1-17(27(39,11-23-36-16-37-38-23)21-8-7-19(29)10-22(21)30)43-20-13-40-25(41-14-20)5-3-2-4-18-6-9-24(35-12-18)42-15-28(33,34)26(31)32/h2-10,12,16-17,20,25-26,39H,11,13-15H2,1H3,(H,36,37,38)/b4-2+,5-3+/t17-,20?,25?,27+/m1/s1. The molecule has 0 aliphatic carbocycles. The van der Waals surface area contributed by atoms with Crippen molar-refractivity contribution in [1.82, 2.24) is 20.2 Å². The van der Waals surface area contributed by atoms with Crippen LogP contribution >= 0.6 is 11.8 Å². The number of allylic oxidation sites excluding steroid dienone is 2. The molecular weight excluding hydrogens is 602 g/mol. The Hall–Kier alpha value is -3.40. The van der Waals surface area contributed by atoms with Crippen molar-refractivity contribution in [3.05, 3.63) is 89.7 Å². The Labute approximate surface area is 247 Å². The molecule has 1 fully saturated rings. The molecule has 0 spiro atoms. The number of H-pyrrole nitrogens is 1. The molecule has 2 N–H and O–H groups in total. The van der Waals surface area contributed by atoms with Crippen LogP contribution < -0.4 is 4.74 Å². The van der Waals surface area contributed by atoms with Gasteiger partial charge in [-0.1, -0.05) is 31.2 Å². The molecule has 1 aromatic carbocycles. The molecule has 0 unspecified atom stereocenters. The van der Waals surface area contributed by atoms with Gasteiger partial charge in [0.15, 0.2) is 12.9 Å². The van der Waals surface area contributed by atoms with Gasteiger partial charge in [0, 0.05) is 35.6 Å². The van der Waals surface area contributed by atoms with E-state index in [0.29, 0.717) is 11.4 Å². The quantitative estimate of drug-likeness (QED) is 0.193. The highest BCUT2D eigenvalue weighted by molar-refractivity contribution is 8.00. The lowest BCUT2D eigenvalue weighted by Crippen LogP contribution is -2.42. The van der Waals surface area contributed by atoms with E-state index in [9.17, 15) is 31.4 Å². The zero-order valence-corrected chi connectivity index (χ0v) is 23.5. The maximum atomic E-state index is 14.8. The van der Waals surface area contributed by atoms with Gasteiger partial charge in [-0.2, -0.15) is 13.9 Å². The first-order valence-corrected chi connectivity index (χ1v) is 13.9. The average Bonchev–Trinajstić information content (AvgIpc) is 3.48. The predicted molar refractivity (Wildman–Crippen MR) is 146 cm³/mol. The molecule has 1 aliphatic heterocycles. The third-order valence-corrected chi connectivity index (χ3v) is 7.88. The highest BCUT2D eigenvalue weighted by atomic mass is 32.2. The van der Waals surface area contributed by atoms with Gasteiger partial charge in [0.1, 0.15) is 29.4 Å². The number of thioether (sulfide) groups is 1. The van der Waals surface area contributed by atoms with E-state index in [-0.39, 0.29) is 36.3 Å². The molecule has 0 amide bonds. The Morgan fingerprint density at radius 3 is 2.53 bits per heavy atom. The molecule has 2 aromatic heterocycles. The zero-order valence-electron chi connectivity index (χ0n) is 22.7. The second kappa shape index (κ2) is 14.4. The summed E-state index contributed by atoms with van der Waals surface area (Å²) in [6.07, 6.45) is 4.69. The number of aromatic amines is 1. The first-order valence-electron chi connectivity index (χ1n) is 13.0. The molecule has 8 nitrogen and oxygen atoms in total. The number of hydrogen-bond acceptors (Lipinski definition) is 8. The van der Waals surface area contributed by atoms with E-state index in [1.807, 2.05) is 0 Å². The third kappa shape index (κ3) is 8.81. The van der Waals surface area contributed by atoms with Crippen molar-refractivity contribution in [3.8, 4) is 5.88 Å². The SMILES string of the molecule is C[C@@H](SC1COC(/C=C/C=C/c2ccc(OCC(F)(F)C(F)F)nc2)OC1)[C@@](O)(Cc1ncn[nH]1)c1ccc(F)cc1F. The summed E-state index contributed by atoms with van der Waals surface area (Å²) < 4.78 is 94.8. The van der Waals surface area contributed by atoms with Crippen molar-refractivity contribution in [3.63, 3.8) is 0 Å². The average molecular weight is 631 g/mol. The van der Waals surface area contributed by atoms with E-state index < -0.39 is 47.7 Å². The number of pyridine rings is 1. The van der Waals surface area contributed by atoms with Crippen molar-refractivity contribution in [2.24, 2.45) is 0 Å². The van der Waals surface area contributed by atoms with Crippen LogP contribution in [0.25, 0.3) is 6.08 Å². The molecule has 1 saturated heterocycles. The van der Waals surface area contributed by atoms with Gasteiger partial charge >= 0.3 is 12.3 Å². The summed E-state index contributed by atoms with van der Waals surface area (Å²) >= 11 is 1.34. The first kappa shape index (κ1) is 32.5. The number of aliphatic hydroxyl groups is 1. The summed E-state index contributed by atoms with van der Waals surface area (Å²) in [5.41, 5.74) is -1.22. The van der Waals surface area contributed by atoms with Gasteiger partial charge in [0.2, 0.25) is 5.88 Å². The second-order valence-corrected chi connectivity index (χ2v) is 11.3. The number of rotatable bonds is 13. The number of nitrogens with one attached hydrogen (secondary N) is 1. The Morgan fingerprint density at radius 2 is 1.91 bits per heavy atom. The number of hydrogen-bond donors (Lipinski definition) is 2. The lowest BCUT2D eigenvalue weighted by molar-refractivity contribution is -0.148. The van der Waals surface area contributed by atoms with Gasteiger partial charge in [-0.3, -0.25) is 5.10 Å². The van der Waals surface area contributed by atoms with Crippen LogP contribution in [0.3, 0.4) is 0 Å². The van der Waals surface area contributed by atoms with E-state index in [1.54, 1.807) is 31.2 Å². The minimum absolute atomic E-state index is 0.0683. The molecule has 2 atom stereocenters. The number of aromatic nitrogens is 4. The maximum absolute atomic E-state index is 14.8. The smallest absolute Gasteiger partial charge is 0.340 e. The van der Waals surface area contributed by atoms with Crippen molar-refractivity contribution in [1.29, 1.82) is 0 Å². The molecule has 4 rings (SSSR count). The number of ether oxygens (including phenoxy) is 3. The normalized spacial score (nSPS) is 20.1. The van der Waals surface area contributed by atoms with Crippen LogP contribution in [-0.4, -0.2) is 74.2 Å². The van der Waals surface area contributed by atoms with Crippen LogP contribution in [-0.2, 0) is 21.5 Å². The van der Waals surface area contributed by atoms with Crippen LogP contribution in [0.4, 0.5) is 26.3 Å². The Balaban J connectivity index is 1.28. The molecule has 0 radical (unpaired) electrons. The van der Waals surface area contributed by atoms with Gasteiger partial charge in [-0.25, -0.2) is 27.5 Å². The highest BCUT2D eigenvalue weighted by Gasteiger charge is 2.42. The first-order chi connectivity index (χ1) is 20.5. The van der Waals surface area contributed by atoms with Crippen LogP contribution in [0.1, 0.15) is 23.9 Å². The van der Waals surface area contributed by atoms with E-state index >= 15 is 0 Å². The highest BCUT2D eigenvalue weighted by Crippen LogP contribution is 2.39. The Kier molecular flexibility index (Phi) is 10.9. The summed E-state index contributed by atoms with van der Waals surface area (Å²) in [6.45, 7) is 0.792. The Bertz CT molecular complexity index is 1370. The minimum atomic E-state index is -4.27. The second-order valence-electron chi connectivity index (χ2n) is 9.62. The van der Waals surface area contributed by atoms with Gasteiger partial charge in [0.05, 0.1) is 18.5 Å². The molecule has 0 bridgehead atoms. The fourth-order valence-electron chi connectivity index (χ4n) is 4.09. The van der Waals surface area contributed by atoms with Crippen molar-refractivity contribution in [2.75, 3.05) is 19.8 Å². The fraction of sp³-hybridized carbons (Fsp3) is 0.393. The van der Waals surface area contributed by atoms with Crippen LogP contribution in [0, 0.1) is 11.6 Å². The third-order valence-electron chi connectivity index (χ3n) is 6.42. The van der Waals surface area contributed by atoms with E-state index in [2.05, 4.69) is 24.9 Å². The molecule has 43 heavy (non-hydrogen) atoms. The van der Waals surface area contributed by atoms with Crippen molar-refractivity contribution in [2.45, 2.75) is 48.1 Å². The number of alkyl halides is 4. The number of benzene rings is 1. The summed E-state index contributed by atoms with van der Waals surface area (Å²) in [4.78, 5) is 7.86. The summed E-state index contributed by atoms with van der Waals surface area (Å²) in [5.74, 6) is -5.78. The molecule has 3 aromatic rings. The number of nitrogens with zero attached hydrogens (tertiary/aromatic N) is 3. The summed E-state index contributed by atoms with van der Waals surface area (Å²) in [6, 6.07) is 5.83. The maximum Gasteiger partial charge on any atom is 0.340 e. The van der Waals surface area contributed by atoms with Gasteiger partial charge in [0.25, 0.3) is 0 Å². The van der Waals surface area contributed by atoms with Gasteiger partial charge in [-0.15, -0.1) is 11.8 Å². The lowest BCUT2D eigenvalue weighted by Gasteiger charge is -2.37. The van der Waals surface area contributed by atoms with Gasteiger partial charge < -0.3 is 19.3 Å². The van der Waals surface area contributed by atoms with E-state index in [1.165, 1.54) is 42.5 Å². The lowest BCUT2D eigenvalue weighted by atomic mass is 9.86. The predicted octanol–water partition coefficient (Wildman–Crippen LogP) is 5.32. The molecule has 15 heteroatoms. The zero-order chi connectivity index (χ0) is 31.0. The summed E-state index contributed by atoms with van der Waals surface area (Å²) in [7, 11) is 0. The van der Waals surface area contributed by atoms with Crippen LogP contribution in [0.5, 0.6) is 5.88 Å². The molecule has 0 saturated carbocycles. The Morgan fingerprint density at radius 1 is 1.14 bits per heavy atom. The fourth-order valence-corrected chi connectivity index (χ4v) is 5.42. The molecule has 1 aliphatic rings. The van der Waals surface area contributed by atoms with E-state index in [4.69, 9.17) is 9.47 Å². The largest absolute Gasteiger partial charge is 0.471 e. The van der Waals surface area contributed by atoms with E-state index in [0.717, 1.165) is 12.1 Å². The number of halogens is 6.